The SMILES string of the molecule is CCN(CCCNC=O)S(C)(=O)=O. The summed E-state index contributed by atoms with van der Waals surface area (Å²) in [7, 11) is -3.08. The Morgan fingerprint density at radius 3 is 2.46 bits per heavy atom. The molecule has 0 aliphatic rings. The van der Waals surface area contributed by atoms with Gasteiger partial charge in [0.2, 0.25) is 16.4 Å². The Bertz CT molecular complexity index is 238. The molecule has 0 saturated heterocycles. The van der Waals surface area contributed by atoms with E-state index in [2.05, 4.69) is 5.32 Å². The molecule has 0 radical (unpaired) electrons. The molecular weight excluding hydrogens is 192 g/mol. The second-order valence-electron chi connectivity index (χ2n) is 2.68. The van der Waals surface area contributed by atoms with Crippen LogP contribution < -0.4 is 5.32 Å². The summed E-state index contributed by atoms with van der Waals surface area (Å²) < 4.78 is 23.5. The molecule has 0 aliphatic heterocycles. The van der Waals surface area contributed by atoms with Crippen LogP contribution in [0.15, 0.2) is 0 Å². The van der Waals surface area contributed by atoms with Gasteiger partial charge in [-0.05, 0) is 6.42 Å². The van der Waals surface area contributed by atoms with Gasteiger partial charge in [-0.1, -0.05) is 6.92 Å². The summed E-state index contributed by atoms with van der Waals surface area (Å²) >= 11 is 0. The number of carbonyl (C=O) groups excluding carboxylic acids is 1. The van der Waals surface area contributed by atoms with E-state index in [1.54, 1.807) is 6.92 Å². The van der Waals surface area contributed by atoms with E-state index in [4.69, 9.17) is 0 Å². The van der Waals surface area contributed by atoms with Crippen LogP contribution in [0.4, 0.5) is 0 Å². The number of amides is 1. The zero-order valence-corrected chi connectivity index (χ0v) is 8.80. The second-order valence-corrected chi connectivity index (χ2v) is 4.66. The van der Waals surface area contributed by atoms with Crippen LogP contribution in [0.1, 0.15) is 13.3 Å². The topological polar surface area (TPSA) is 66.5 Å². The highest BCUT2D eigenvalue weighted by Crippen LogP contribution is 1.97. The minimum absolute atomic E-state index is 0.455. The van der Waals surface area contributed by atoms with Crippen LogP contribution in [-0.2, 0) is 14.8 Å². The summed E-state index contributed by atoms with van der Waals surface area (Å²) in [4.78, 5) is 9.87. The highest BCUT2D eigenvalue weighted by atomic mass is 32.2. The van der Waals surface area contributed by atoms with Gasteiger partial charge in [0.25, 0.3) is 0 Å². The first-order chi connectivity index (χ1) is 6.02. The van der Waals surface area contributed by atoms with Gasteiger partial charge >= 0.3 is 0 Å². The molecule has 5 nitrogen and oxygen atoms in total. The highest BCUT2D eigenvalue weighted by molar-refractivity contribution is 7.88. The minimum atomic E-state index is -3.08. The predicted octanol–water partition coefficient (Wildman–Crippen LogP) is -0.596. The number of rotatable bonds is 7. The van der Waals surface area contributed by atoms with Crippen LogP contribution in [0.3, 0.4) is 0 Å². The van der Waals surface area contributed by atoms with E-state index in [-0.39, 0.29) is 0 Å². The van der Waals surface area contributed by atoms with Crippen LogP contribution in [0.25, 0.3) is 0 Å². The van der Waals surface area contributed by atoms with Gasteiger partial charge in [0, 0.05) is 19.6 Å². The summed E-state index contributed by atoms with van der Waals surface area (Å²) in [5, 5.41) is 2.48. The molecule has 0 unspecified atom stereocenters. The standard InChI is InChI=1S/C7H16N2O3S/c1-3-9(13(2,11)12)6-4-5-8-7-10/h7H,3-6H2,1-2H3,(H,8,10). The fraction of sp³-hybridized carbons (Fsp3) is 0.857. The lowest BCUT2D eigenvalue weighted by molar-refractivity contribution is -0.109. The van der Waals surface area contributed by atoms with E-state index >= 15 is 0 Å². The molecule has 0 heterocycles. The van der Waals surface area contributed by atoms with Gasteiger partial charge in [0.05, 0.1) is 6.26 Å². The Morgan fingerprint density at radius 2 is 2.08 bits per heavy atom. The van der Waals surface area contributed by atoms with Gasteiger partial charge in [-0.3, -0.25) is 4.79 Å². The Hall–Kier alpha value is -0.620. The minimum Gasteiger partial charge on any atom is -0.359 e. The molecule has 0 saturated carbocycles. The summed E-state index contributed by atoms with van der Waals surface area (Å²) in [5.41, 5.74) is 0. The van der Waals surface area contributed by atoms with Crippen LogP contribution in [-0.4, -0.2) is 45.0 Å². The quantitative estimate of drug-likeness (QED) is 0.449. The molecule has 0 rings (SSSR count). The van der Waals surface area contributed by atoms with E-state index in [9.17, 15) is 13.2 Å². The molecule has 0 spiro atoms. The number of hydrogen-bond donors (Lipinski definition) is 1. The van der Waals surface area contributed by atoms with Gasteiger partial charge in [0.1, 0.15) is 0 Å². The lowest BCUT2D eigenvalue weighted by atomic mass is 10.4. The molecule has 0 fully saturated rings. The maximum Gasteiger partial charge on any atom is 0.211 e. The normalized spacial score (nSPS) is 11.6. The number of nitrogens with zero attached hydrogens (tertiary/aromatic N) is 1. The monoisotopic (exact) mass is 208 g/mol. The first kappa shape index (κ1) is 12.4. The molecule has 1 N–H and O–H groups in total. The van der Waals surface area contributed by atoms with Crippen LogP contribution in [0.5, 0.6) is 0 Å². The smallest absolute Gasteiger partial charge is 0.211 e. The molecule has 1 amide bonds. The van der Waals surface area contributed by atoms with Crippen molar-refractivity contribution in [3.63, 3.8) is 0 Å². The van der Waals surface area contributed by atoms with Gasteiger partial charge in [-0.2, -0.15) is 0 Å². The largest absolute Gasteiger partial charge is 0.359 e. The maximum absolute atomic E-state index is 11.1. The molecule has 0 aromatic rings. The molecule has 0 atom stereocenters. The Labute approximate surface area is 79.2 Å². The maximum atomic E-state index is 11.1. The Kier molecular flexibility index (Phi) is 5.65. The predicted molar refractivity (Wildman–Crippen MR) is 50.8 cm³/mol. The van der Waals surface area contributed by atoms with Crippen molar-refractivity contribution in [2.75, 3.05) is 25.9 Å². The van der Waals surface area contributed by atoms with Crippen LogP contribution in [0.2, 0.25) is 0 Å². The molecule has 6 heteroatoms. The van der Waals surface area contributed by atoms with Gasteiger partial charge in [0.15, 0.2) is 0 Å². The van der Waals surface area contributed by atoms with Crippen LogP contribution >= 0.6 is 0 Å². The number of nitrogens with one attached hydrogen (secondary N) is 1. The zero-order valence-electron chi connectivity index (χ0n) is 7.99. The van der Waals surface area contributed by atoms with Crippen molar-refractivity contribution in [3.8, 4) is 0 Å². The van der Waals surface area contributed by atoms with Crippen molar-refractivity contribution >= 4 is 16.4 Å². The van der Waals surface area contributed by atoms with Crippen molar-refractivity contribution in [3.05, 3.63) is 0 Å². The van der Waals surface area contributed by atoms with Gasteiger partial charge in [-0.15, -0.1) is 0 Å². The lowest BCUT2D eigenvalue weighted by Crippen LogP contribution is -2.32. The van der Waals surface area contributed by atoms with Gasteiger partial charge < -0.3 is 5.32 Å². The Balaban J connectivity index is 3.80. The van der Waals surface area contributed by atoms with Crippen LogP contribution in [0, 0.1) is 0 Å². The average molecular weight is 208 g/mol. The fourth-order valence-corrected chi connectivity index (χ4v) is 1.90. The number of hydrogen-bond acceptors (Lipinski definition) is 3. The zero-order chi connectivity index (χ0) is 10.3. The number of carbonyl (C=O) groups is 1. The van der Waals surface area contributed by atoms with E-state index in [0.717, 1.165) is 0 Å². The van der Waals surface area contributed by atoms with Crippen molar-refractivity contribution in [1.82, 2.24) is 9.62 Å². The molecular formula is C7H16N2O3S. The third-order valence-corrected chi connectivity index (χ3v) is 3.01. The summed E-state index contributed by atoms with van der Waals surface area (Å²) in [6.07, 6.45) is 2.43. The summed E-state index contributed by atoms with van der Waals surface area (Å²) in [6, 6.07) is 0. The van der Waals surface area contributed by atoms with E-state index in [1.807, 2.05) is 0 Å². The van der Waals surface area contributed by atoms with Crippen molar-refractivity contribution < 1.29 is 13.2 Å². The van der Waals surface area contributed by atoms with E-state index in [1.165, 1.54) is 10.6 Å². The van der Waals surface area contributed by atoms with Crippen molar-refractivity contribution in [2.45, 2.75) is 13.3 Å². The van der Waals surface area contributed by atoms with E-state index < -0.39 is 10.0 Å². The first-order valence-electron chi connectivity index (χ1n) is 4.14. The molecule has 0 aromatic heterocycles. The molecule has 13 heavy (non-hydrogen) atoms. The summed E-state index contributed by atoms with van der Waals surface area (Å²) in [5.74, 6) is 0. The average Bonchev–Trinajstić information content (AvgIpc) is 2.02. The van der Waals surface area contributed by atoms with Gasteiger partial charge in [-0.25, -0.2) is 12.7 Å². The van der Waals surface area contributed by atoms with Crippen molar-refractivity contribution in [2.24, 2.45) is 0 Å². The second kappa shape index (κ2) is 5.93. The third-order valence-electron chi connectivity index (χ3n) is 1.63. The molecule has 0 aromatic carbocycles. The fourth-order valence-electron chi connectivity index (χ4n) is 0.975. The third kappa shape index (κ3) is 5.59. The molecule has 0 bridgehead atoms. The lowest BCUT2D eigenvalue weighted by Gasteiger charge is -2.17. The van der Waals surface area contributed by atoms with Crippen molar-refractivity contribution in [1.29, 1.82) is 0 Å². The first-order valence-corrected chi connectivity index (χ1v) is 5.99. The summed E-state index contributed by atoms with van der Waals surface area (Å²) in [6.45, 7) is 3.22. The van der Waals surface area contributed by atoms with E-state index in [0.29, 0.717) is 32.5 Å². The molecule has 0 aliphatic carbocycles. The Morgan fingerprint density at radius 1 is 1.46 bits per heavy atom. The number of sulfonamides is 1. The highest BCUT2D eigenvalue weighted by Gasteiger charge is 2.12. The molecule has 78 valence electrons.